The number of aryl methyl sites for hydroxylation is 3. The summed E-state index contributed by atoms with van der Waals surface area (Å²) in [6, 6.07) is 19.4. The van der Waals surface area contributed by atoms with E-state index < -0.39 is 11.8 Å². The number of carbonyl (C=O) groups is 1. The number of aromatic nitrogens is 1. The zero-order chi connectivity index (χ0) is 21.0. The zero-order valence-corrected chi connectivity index (χ0v) is 17.1. The van der Waals surface area contributed by atoms with Gasteiger partial charge in [0, 0.05) is 22.6 Å². The third-order valence-corrected chi connectivity index (χ3v) is 5.12. The molecule has 3 aromatic rings. The van der Waals surface area contributed by atoms with Crippen LogP contribution in [0.1, 0.15) is 39.6 Å². The fourth-order valence-electron chi connectivity index (χ4n) is 3.34. The highest BCUT2D eigenvalue weighted by Crippen LogP contribution is 2.22. The molecule has 0 fully saturated rings. The first-order valence-electron chi connectivity index (χ1n) is 9.46. The Morgan fingerprint density at radius 1 is 1.07 bits per heavy atom. The molecule has 0 aliphatic heterocycles. The number of benzene rings is 2. The summed E-state index contributed by atoms with van der Waals surface area (Å²) < 4.78 is 2.16. The number of amides is 1. The topological polar surface area (TPSA) is 70.2 Å². The van der Waals surface area contributed by atoms with Crippen LogP contribution in [-0.2, 0) is 4.79 Å². The summed E-state index contributed by atoms with van der Waals surface area (Å²) in [5.74, 6) is -1.34. The molecule has 1 atom stereocenters. The number of carbonyl (C=O) groups excluding carboxylic acids is 1. The van der Waals surface area contributed by atoms with Crippen LogP contribution < -0.4 is 5.43 Å². The molecule has 5 nitrogen and oxygen atoms in total. The molecule has 3 rings (SSSR count). The third kappa shape index (κ3) is 4.27. The molecule has 1 amide bonds. The van der Waals surface area contributed by atoms with Crippen LogP contribution in [0.15, 0.2) is 59.7 Å². The summed E-state index contributed by atoms with van der Waals surface area (Å²) in [4.78, 5) is 12.4. The first-order chi connectivity index (χ1) is 13.9. The number of hydrogen-bond acceptors (Lipinski definition) is 3. The lowest BCUT2D eigenvalue weighted by molar-refractivity contribution is -0.121. The fraction of sp³-hybridized carbons (Fsp3) is 0.208. The second-order valence-electron chi connectivity index (χ2n) is 7.14. The predicted octanol–water partition coefficient (Wildman–Crippen LogP) is 4.47. The highest BCUT2D eigenvalue weighted by molar-refractivity contribution is 5.88. The molecule has 1 aromatic heterocycles. The molecule has 0 saturated carbocycles. The van der Waals surface area contributed by atoms with Gasteiger partial charge in [-0.2, -0.15) is 10.4 Å². The van der Waals surface area contributed by atoms with Crippen LogP contribution in [-0.4, -0.2) is 16.7 Å². The van der Waals surface area contributed by atoms with Crippen molar-refractivity contribution in [1.82, 2.24) is 9.99 Å². The van der Waals surface area contributed by atoms with Crippen molar-refractivity contribution >= 4 is 12.1 Å². The minimum atomic E-state index is -0.892. The minimum Gasteiger partial charge on any atom is -0.318 e. The van der Waals surface area contributed by atoms with Gasteiger partial charge in [-0.1, -0.05) is 36.4 Å². The van der Waals surface area contributed by atoms with E-state index in [-0.39, 0.29) is 0 Å². The lowest BCUT2D eigenvalue weighted by Gasteiger charge is -2.11. The van der Waals surface area contributed by atoms with Gasteiger partial charge in [0.05, 0.1) is 12.3 Å². The van der Waals surface area contributed by atoms with Gasteiger partial charge in [0.2, 0.25) is 0 Å². The molecular formula is C24H24N4O. The van der Waals surface area contributed by atoms with Gasteiger partial charge in [-0.25, -0.2) is 5.43 Å². The van der Waals surface area contributed by atoms with Crippen LogP contribution in [0.2, 0.25) is 0 Å². The van der Waals surface area contributed by atoms with Gasteiger partial charge in [0.1, 0.15) is 0 Å². The van der Waals surface area contributed by atoms with E-state index in [1.54, 1.807) is 30.5 Å². The van der Waals surface area contributed by atoms with Crippen molar-refractivity contribution in [3.63, 3.8) is 0 Å². The minimum absolute atomic E-state index is 0.446. The lowest BCUT2D eigenvalue weighted by atomic mass is 10.0. The van der Waals surface area contributed by atoms with Crippen LogP contribution in [0.5, 0.6) is 0 Å². The van der Waals surface area contributed by atoms with E-state index >= 15 is 0 Å². The molecule has 0 bridgehead atoms. The van der Waals surface area contributed by atoms with Gasteiger partial charge >= 0.3 is 0 Å². The molecule has 2 aromatic carbocycles. The molecule has 0 aliphatic carbocycles. The van der Waals surface area contributed by atoms with Crippen LogP contribution in [0.3, 0.4) is 0 Å². The van der Waals surface area contributed by atoms with E-state index in [0.717, 1.165) is 22.6 Å². The van der Waals surface area contributed by atoms with Crippen molar-refractivity contribution in [1.29, 1.82) is 5.26 Å². The maximum absolute atomic E-state index is 12.4. The fourth-order valence-corrected chi connectivity index (χ4v) is 3.34. The molecule has 1 heterocycles. The number of nitriles is 1. The molecule has 29 heavy (non-hydrogen) atoms. The number of nitrogens with one attached hydrogen (secondary N) is 1. The van der Waals surface area contributed by atoms with E-state index in [0.29, 0.717) is 5.56 Å². The Morgan fingerprint density at radius 2 is 1.79 bits per heavy atom. The Balaban J connectivity index is 1.79. The zero-order valence-electron chi connectivity index (χ0n) is 17.1. The second-order valence-corrected chi connectivity index (χ2v) is 7.14. The normalized spacial score (nSPS) is 12.0. The summed E-state index contributed by atoms with van der Waals surface area (Å²) in [6.07, 6.45) is 1.62. The molecule has 0 spiro atoms. The summed E-state index contributed by atoms with van der Waals surface area (Å²) in [6.45, 7) is 8.26. The monoisotopic (exact) mass is 384 g/mol. The maximum atomic E-state index is 12.4. The number of hydrazone groups is 1. The van der Waals surface area contributed by atoms with Gasteiger partial charge in [0.25, 0.3) is 5.91 Å². The Hall–Kier alpha value is -3.65. The summed E-state index contributed by atoms with van der Waals surface area (Å²) in [5, 5.41) is 13.4. The molecule has 146 valence electrons. The van der Waals surface area contributed by atoms with Crippen LogP contribution >= 0.6 is 0 Å². The Labute approximate surface area is 171 Å². The van der Waals surface area contributed by atoms with Crippen LogP contribution in [0.4, 0.5) is 0 Å². The number of hydrogen-bond donors (Lipinski definition) is 1. The molecular weight excluding hydrogens is 360 g/mol. The van der Waals surface area contributed by atoms with Crippen molar-refractivity contribution < 1.29 is 4.79 Å². The molecule has 0 saturated heterocycles. The largest absolute Gasteiger partial charge is 0.318 e. The first kappa shape index (κ1) is 20.1. The standard InChI is InChI=1S/C24H24N4O/c1-16-10-11-22(12-17(16)2)28-18(3)13-21(19(28)4)15-26-27-24(29)23(14-25)20-8-6-5-7-9-20/h5-13,15,23H,1-4H3,(H,27,29)/b26-15-/t23-/m1/s1. The van der Waals surface area contributed by atoms with Gasteiger partial charge in [-0.15, -0.1) is 0 Å². The van der Waals surface area contributed by atoms with E-state index in [9.17, 15) is 10.1 Å². The quantitative estimate of drug-likeness (QED) is 0.521. The third-order valence-electron chi connectivity index (χ3n) is 5.12. The highest BCUT2D eigenvalue weighted by Gasteiger charge is 2.19. The second kappa shape index (κ2) is 8.57. The SMILES string of the molecule is Cc1ccc(-n2c(C)cc(/C=N\NC(=O)[C@H](C#N)c3ccccc3)c2C)cc1C. The molecule has 5 heteroatoms. The Bertz CT molecular complexity index is 1100. The van der Waals surface area contributed by atoms with Crippen LogP contribution in [0, 0.1) is 39.0 Å². The number of nitrogens with zero attached hydrogens (tertiary/aromatic N) is 3. The average Bonchev–Trinajstić information content (AvgIpc) is 2.99. The van der Waals surface area contributed by atoms with Gasteiger partial charge in [-0.3, -0.25) is 4.79 Å². The first-order valence-corrected chi connectivity index (χ1v) is 9.46. The summed E-state index contributed by atoms with van der Waals surface area (Å²) in [7, 11) is 0. The van der Waals surface area contributed by atoms with E-state index in [4.69, 9.17) is 0 Å². The predicted molar refractivity (Wildman–Crippen MR) is 115 cm³/mol. The van der Waals surface area contributed by atoms with Gasteiger partial charge in [-0.05, 0) is 62.6 Å². The summed E-state index contributed by atoms with van der Waals surface area (Å²) in [5.41, 5.74) is 9.75. The molecule has 0 aliphatic rings. The van der Waals surface area contributed by atoms with Crippen molar-refractivity contribution in [2.45, 2.75) is 33.6 Å². The smallest absolute Gasteiger partial charge is 0.261 e. The Morgan fingerprint density at radius 3 is 2.45 bits per heavy atom. The highest BCUT2D eigenvalue weighted by atomic mass is 16.2. The van der Waals surface area contributed by atoms with E-state index in [1.807, 2.05) is 32.0 Å². The average molecular weight is 384 g/mol. The van der Waals surface area contributed by atoms with Crippen molar-refractivity contribution in [2.75, 3.05) is 0 Å². The van der Waals surface area contributed by atoms with Crippen LogP contribution in [0.25, 0.3) is 5.69 Å². The summed E-state index contributed by atoms with van der Waals surface area (Å²) >= 11 is 0. The molecule has 1 N–H and O–H groups in total. The lowest BCUT2D eigenvalue weighted by Crippen LogP contribution is -2.24. The maximum Gasteiger partial charge on any atom is 0.261 e. The number of rotatable bonds is 5. The van der Waals surface area contributed by atoms with Crippen molar-refractivity contribution in [2.24, 2.45) is 5.10 Å². The van der Waals surface area contributed by atoms with E-state index in [1.165, 1.54) is 11.1 Å². The Kier molecular flexibility index (Phi) is 5.94. The van der Waals surface area contributed by atoms with Crippen molar-refractivity contribution in [3.8, 4) is 11.8 Å². The molecule has 0 unspecified atom stereocenters. The van der Waals surface area contributed by atoms with Crippen molar-refractivity contribution in [3.05, 3.63) is 88.2 Å². The van der Waals surface area contributed by atoms with E-state index in [2.05, 4.69) is 47.1 Å². The molecule has 0 radical (unpaired) electrons. The van der Waals surface area contributed by atoms with Gasteiger partial charge < -0.3 is 4.57 Å². The van der Waals surface area contributed by atoms with Gasteiger partial charge in [0.15, 0.2) is 5.92 Å².